The highest BCUT2D eigenvalue weighted by atomic mass is 32.1. The summed E-state index contributed by atoms with van der Waals surface area (Å²) >= 11 is 1.47. The second kappa shape index (κ2) is 4.90. The van der Waals surface area contributed by atoms with Crippen molar-refractivity contribution in [3.8, 4) is 0 Å². The van der Waals surface area contributed by atoms with E-state index in [2.05, 4.69) is 6.07 Å². The standard InChI is InChI=1S/C14H12OS/c1-11-4-2-5-12(10-11)7-8-13(15)14-6-3-9-16-14/h2-10H,1H3/b8-7+. The minimum absolute atomic E-state index is 0.0662. The van der Waals surface area contributed by atoms with Gasteiger partial charge in [0.25, 0.3) is 0 Å². The number of thiophene rings is 1. The zero-order valence-electron chi connectivity index (χ0n) is 9.01. The molecule has 0 aliphatic rings. The zero-order chi connectivity index (χ0) is 11.4. The van der Waals surface area contributed by atoms with Crippen molar-refractivity contribution in [3.63, 3.8) is 0 Å². The van der Waals surface area contributed by atoms with E-state index in [1.54, 1.807) is 6.08 Å². The predicted molar refractivity (Wildman–Crippen MR) is 68.9 cm³/mol. The van der Waals surface area contributed by atoms with Gasteiger partial charge >= 0.3 is 0 Å². The summed E-state index contributed by atoms with van der Waals surface area (Å²) in [6.45, 7) is 2.04. The van der Waals surface area contributed by atoms with Crippen LogP contribution in [0.3, 0.4) is 0 Å². The summed E-state index contributed by atoms with van der Waals surface area (Å²) in [5, 5.41) is 1.91. The summed E-state index contributed by atoms with van der Waals surface area (Å²) in [6, 6.07) is 11.8. The van der Waals surface area contributed by atoms with Crippen LogP contribution in [0.25, 0.3) is 6.08 Å². The highest BCUT2D eigenvalue weighted by Crippen LogP contribution is 2.11. The molecule has 1 nitrogen and oxygen atoms in total. The first kappa shape index (κ1) is 10.8. The minimum atomic E-state index is 0.0662. The first-order chi connectivity index (χ1) is 7.75. The molecule has 0 saturated heterocycles. The molecule has 2 rings (SSSR count). The van der Waals surface area contributed by atoms with Crippen molar-refractivity contribution in [2.75, 3.05) is 0 Å². The van der Waals surface area contributed by atoms with Crippen LogP contribution in [0.5, 0.6) is 0 Å². The second-order valence-electron chi connectivity index (χ2n) is 3.59. The van der Waals surface area contributed by atoms with Gasteiger partial charge in [0.2, 0.25) is 0 Å². The van der Waals surface area contributed by atoms with E-state index in [1.807, 2.05) is 48.7 Å². The third-order valence-corrected chi connectivity index (χ3v) is 3.12. The topological polar surface area (TPSA) is 17.1 Å². The van der Waals surface area contributed by atoms with Crippen LogP contribution in [0.1, 0.15) is 20.8 Å². The Morgan fingerprint density at radius 2 is 2.12 bits per heavy atom. The van der Waals surface area contributed by atoms with Crippen molar-refractivity contribution in [2.24, 2.45) is 0 Å². The Kier molecular flexibility index (Phi) is 3.32. The van der Waals surface area contributed by atoms with Gasteiger partial charge in [-0.2, -0.15) is 0 Å². The summed E-state index contributed by atoms with van der Waals surface area (Å²) < 4.78 is 0. The molecule has 0 fully saturated rings. The Balaban J connectivity index is 2.13. The quantitative estimate of drug-likeness (QED) is 0.574. The molecule has 1 heterocycles. The molecule has 0 amide bonds. The number of hydrogen-bond acceptors (Lipinski definition) is 2. The Morgan fingerprint density at radius 3 is 2.81 bits per heavy atom. The van der Waals surface area contributed by atoms with Crippen molar-refractivity contribution in [2.45, 2.75) is 6.92 Å². The molecule has 0 bridgehead atoms. The van der Waals surface area contributed by atoms with E-state index in [9.17, 15) is 4.79 Å². The Bertz CT molecular complexity index is 509. The van der Waals surface area contributed by atoms with Crippen molar-refractivity contribution < 1.29 is 4.79 Å². The van der Waals surface area contributed by atoms with Gasteiger partial charge in [-0.1, -0.05) is 42.0 Å². The number of allylic oxidation sites excluding steroid dienone is 1. The molecular formula is C14H12OS. The lowest BCUT2D eigenvalue weighted by Crippen LogP contribution is -1.88. The number of benzene rings is 1. The SMILES string of the molecule is Cc1cccc(/C=C/C(=O)c2cccs2)c1. The van der Waals surface area contributed by atoms with Crippen LogP contribution in [0.2, 0.25) is 0 Å². The molecule has 1 aromatic heterocycles. The van der Waals surface area contributed by atoms with Crippen LogP contribution < -0.4 is 0 Å². The van der Waals surface area contributed by atoms with Gasteiger partial charge in [-0.15, -0.1) is 11.3 Å². The molecule has 0 unspecified atom stereocenters. The molecule has 1 aromatic carbocycles. The fourth-order valence-electron chi connectivity index (χ4n) is 1.45. The normalized spacial score (nSPS) is 10.8. The van der Waals surface area contributed by atoms with Crippen LogP contribution >= 0.6 is 11.3 Å². The molecule has 2 aromatic rings. The van der Waals surface area contributed by atoms with Gasteiger partial charge in [0, 0.05) is 0 Å². The summed E-state index contributed by atoms with van der Waals surface area (Å²) in [6.07, 6.45) is 3.48. The first-order valence-corrected chi connectivity index (χ1v) is 5.96. The smallest absolute Gasteiger partial charge is 0.195 e. The lowest BCUT2D eigenvalue weighted by Gasteiger charge is -1.94. The van der Waals surface area contributed by atoms with Gasteiger partial charge < -0.3 is 0 Å². The molecule has 80 valence electrons. The number of aryl methyl sites for hydroxylation is 1. The van der Waals surface area contributed by atoms with Gasteiger partial charge in [0.1, 0.15) is 0 Å². The molecule has 2 heteroatoms. The number of ketones is 1. The van der Waals surface area contributed by atoms with Crippen LogP contribution in [0, 0.1) is 6.92 Å². The third kappa shape index (κ3) is 2.67. The average Bonchev–Trinajstić information content (AvgIpc) is 2.79. The van der Waals surface area contributed by atoms with Crippen molar-refractivity contribution >= 4 is 23.2 Å². The Hall–Kier alpha value is -1.67. The van der Waals surface area contributed by atoms with E-state index >= 15 is 0 Å². The van der Waals surface area contributed by atoms with Gasteiger partial charge in [-0.25, -0.2) is 0 Å². The largest absolute Gasteiger partial charge is 0.288 e. The van der Waals surface area contributed by atoms with Crippen molar-refractivity contribution in [1.82, 2.24) is 0 Å². The van der Waals surface area contributed by atoms with Crippen LogP contribution in [-0.4, -0.2) is 5.78 Å². The lowest BCUT2D eigenvalue weighted by atomic mass is 10.1. The Labute approximate surface area is 99.1 Å². The lowest BCUT2D eigenvalue weighted by molar-refractivity contribution is 0.105. The van der Waals surface area contributed by atoms with E-state index < -0.39 is 0 Å². The molecule has 0 atom stereocenters. The molecule has 0 saturated carbocycles. The maximum Gasteiger partial charge on any atom is 0.195 e. The fraction of sp³-hybridized carbons (Fsp3) is 0.0714. The Morgan fingerprint density at radius 1 is 1.25 bits per heavy atom. The summed E-state index contributed by atoms with van der Waals surface area (Å²) in [7, 11) is 0. The number of rotatable bonds is 3. The van der Waals surface area contributed by atoms with Crippen molar-refractivity contribution in [3.05, 3.63) is 63.9 Å². The molecule has 0 aliphatic heterocycles. The third-order valence-electron chi connectivity index (χ3n) is 2.23. The zero-order valence-corrected chi connectivity index (χ0v) is 9.83. The average molecular weight is 228 g/mol. The monoisotopic (exact) mass is 228 g/mol. The summed E-state index contributed by atoms with van der Waals surface area (Å²) in [4.78, 5) is 12.5. The van der Waals surface area contributed by atoms with Gasteiger partial charge in [-0.3, -0.25) is 4.79 Å². The summed E-state index contributed by atoms with van der Waals surface area (Å²) in [5.74, 6) is 0.0662. The van der Waals surface area contributed by atoms with Gasteiger partial charge in [0.05, 0.1) is 4.88 Å². The van der Waals surface area contributed by atoms with Crippen LogP contribution in [-0.2, 0) is 0 Å². The van der Waals surface area contributed by atoms with E-state index in [0.717, 1.165) is 10.4 Å². The highest BCUT2D eigenvalue weighted by molar-refractivity contribution is 7.12. The molecular weight excluding hydrogens is 216 g/mol. The van der Waals surface area contributed by atoms with Crippen LogP contribution in [0.15, 0.2) is 47.9 Å². The maximum absolute atomic E-state index is 11.7. The maximum atomic E-state index is 11.7. The number of carbonyl (C=O) groups excluding carboxylic acids is 1. The van der Waals surface area contributed by atoms with E-state index in [1.165, 1.54) is 16.9 Å². The fourth-order valence-corrected chi connectivity index (χ4v) is 2.09. The van der Waals surface area contributed by atoms with Gasteiger partial charge in [0.15, 0.2) is 5.78 Å². The molecule has 0 spiro atoms. The van der Waals surface area contributed by atoms with Crippen LogP contribution in [0.4, 0.5) is 0 Å². The first-order valence-electron chi connectivity index (χ1n) is 5.08. The predicted octanol–water partition coefficient (Wildman–Crippen LogP) is 3.95. The van der Waals surface area contributed by atoms with Gasteiger partial charge in [-0.05, 0) is 30.0 Å². The van der Waals surface area contributed by atoms with E-state index in [0.29, 0.717) is 0 Å². The highest BCUT2D eigenvalue weighted by Gasteiger charge is 2.01. The second-order valence-corrected chi connectivity index (χ2v) is 4.54. The molecule has 16 heavy (non-hydrogen) atoms. The van der Waals surface area contributed by atoms with E-state index in [4.69, 9.17) is 0 Å². The minimum Gasteiger partial charge on any atom is -0.288 e. The molecule has 0 radical (unpaired) electrons. The molecule has 0 N–H and O–H groups in total. The van der Waals surface area contributed by atoms with E-state index in [-0.39, 0.29) is 5.78 Å². The van der Waals surface area contributed by atoms with Crippen molar-refractivity contribution in [1.29, 1.82) is 0 Å². The summed E-state index contributed by atoms with van der Waals surface area (Å²) in [5.41, 5.74) is 2.26. The number of hydrogen-bond donors (Lipinski definition) is 0. The molecule has 0 aliphatic carbocycles. The number of carbonyl (C=O) groups is 1.